The molecule has 0 saturated heterocycles. The number of hydrogen-bond donors (Lipinski definition) is 0. The third kappa shape index (κ3) is 2.93. The lowest BCUT2D eigenvalue weighted by atomic mass is 10.0. The van der Waals surface area contributed by atoms with Crippen LogP contribution in [0.15, 0.2) is 30.3 Å². The second-order valence-electron chi connectivity index (χ2n) is 4.65. The zero-order valence-corrected chi connectivity index (χ0v) is 12.0. The molecule has 0 N–H and O–H groups in total. The van der Waals surface area contributed by atoms with E-state index in [1.54, 1.807) is 0 Å². The summed E-state index contributed by atoms with van der Waals surface area (Å²) in [6.45, 7) is 5.25. The summed E-state index contributed by atoms with van der Waals surface area (Å²) in [7, 11) is 0. The first-order valence-electron chi connectivity index (χ1n) is 7.08. The van der Waals surface area contributed by atoms with E-state index in [1.807, 2.05) is 44.2 Å². The summed E-state index contributed by atoms with van der Waals surface area (Å²) >= 11 is 0. The number of rotatable bonds is 7. The predicted octanol–water partition coefficient (Wildman–Crippen LogP) is 4.23. The van der Waals surface area contributed by atoms with E-state index in [0.717, 1.165) is 29.9 Å². The second-order valence-corrected chi connectivity index (χ2v) is 4.65. The van der Waals surface area contributed by atoms with Crippen LogP contribution < -0.4 is 9.47 Å². The van der Waals surface area contributed by atoms with Gasteiger partial charge < -0.3 is 9.47 Å². The maximum absolute atomic E-state index is 11.5. The molecule has 3 heteroatoms. The van der Waals surface area contributed by atoms with Crippen molar-refractivity contribution in [3.05, 3.63) is 35.9 Å². The molecule has 0 bridgehead atoms. The third-order valence-electron chi connectivity index (χ3n) is 3.03. The van der Waals surface area contributed by atoms with E-state index in [9.17, 15) is 4.79 Å². The van der Waals surface area contributed by atoms with Gasteiger partial charge in [0.1, 0.15) is 11.5 Å². The smallest absolute Gasteiger partial charge is 0.157 e. The zero-order valence-electron chi connectivity index (χ0n) is 12.0. The van der Waals surface area contributed by atoms with Crippen LogP contribution in [-0.4, -0.2) is 19.5 Å². The van der Waals surface area contributed by atoms with E-state index in [-0.39, 0.29) is 0 Å². The molecule has 0 radical (unpaired) electrons. The highest BCUT2D eigenvalue weighted by Gasteiger charge is 2.15. The summed E-state index contributed by atoms with van der Waals surface area (Å²) in [5.41, 5.74) is 0.505. The van der Waals surface area contributed by atoms with Crippen molar-refractivity contribution < 1.29 is 14.3 Å². The lowest BCUT2D eigenvalue weighted by Crippen LogP contribution is -2.04. The quantitative estimate of drug-likeness (QED) is 0.707. The maximum Gasteiger partial charge on any atom is 0.157 e. The van der Waals surface area contributed by atoms with Crippen molar-refractivity contribution in [1.29, 1.82) is 0 Å². The monoisotopic (exact) mass is 272 g/mol. The molecular formula is C17H20O3. The van der Waals surface area contributed by atoms with Gasteiger partial charge in [0.2, 0.25) is 0 Å². The molecule has 2 aromatic rings. The number of carbonyl (C=O) groups is 1. The van der Waals surface area contributed by atoms with E-state index in [1.165, 1.54) is 0 Å². The summed E-state index contributed by atoms with van der Waals surface area (Å²) in [5, 5.41) is 1.97. The van der Waals surface area contributed by atoms with Crippen LogP contribution in [0, 0.1) is 0 Å². The molecule has 3 nitrogen and oxygen atoms in total. The van der Waals surface area contributed by atoms with Gasteiger partial charge in [-0.2, -0.15) is 0 Å². The van der Waals surface area contributed by atoms with E-state index < -0.39 is 0 Å². The van der Waals surface area contributed by atoms with Crippen molar-refractivity contribution in [3.63, 3.8) is 0 Å². The van der Waals surface area contributed by atoms with Gasteiger partial charge >= 0.3 is 0 Å². The molecule has 2 aromatic carbocycles. The number of aldehydes is 1. The first-order valence-corrected chi connectivity index (χ1v) is 7.08. The molecule has 0 atom stereocenters. The van der Waals surface area contributed by atoms with Crippen molar-refractivity contribution >= 4 is 17.1 Å². The van der Waals surface area contributed by atoms with E-state index in [4.69, 9.17) is 9.47 Å². The Balaban J connectivity index is 2.58. The fourth-order valence-corrected chi connectivity index (χ4v) is 2.11. The van der Waals surface area contributed by atoms with Crippen LogP contribution in [0.2, 0.25) is 0 Å². The van der Waals surface area contributed by atoms with Gasteiger partial charge in [-0.1, -0.05) is 38.1 Å². The highest BCUT2D eigenvalue weighted by atomic mass is 16.5. The largest absolute Gasteiger partial charge is 0.493 e. The van der Waals surface area contributed by atoms with Gasteiger partial charge in [0, 0.05) is 5.39 Å². The summed E-state index contributed by atoms with van der Waals surface area (Å²) in [5.74, 6) is 1.23. The Hall–Kier alpha value is -2.03. The minimum atomic E-state index is 0.505. The SMILES string of the molecule is CCCOc1cc2ccccc2c(OCCC)c1C=O. The number of carbonyl (C=O) groups excluding carboxylic acids is 1. The van der Waals surface area contributed by atoms with Crippen LogP contribution in [-0.2, 0) is 0 Å². The van der Waals surface area contributed by atoms with Crippen LogP contribution in [0.25, 0.3) is 10.8 Å². The number of hydrogen-bond acceptors (Lipinski definition) is 3. The van der Waals surface area contributed by atoms with E-state index >= 15 is 0 Å². The maximum atomic E-state index is 11.5. The van der Waals surface area contributed by atoms with E-state index in [0.29, 0.717) is 30.3 Å². The Kier molecular flexibility index (Phi) is 4.99. The lowest BCUT2D eigenvalue weighted by Gasteiger charge is -2.15. The summed E-state index contributed by atoms with van der Waals surface area (Å²) in [6.07, 6.45) is 2.62. The molecule has 0 heterocycles. The van der Waals surface area contributed by atoms with Crippen molar-refractivity contribution in [3.8, 4) is 11.5 Å². The van der Waals surface area contributed by atoms with Gasteiger partial charge in [-0.25, -0.2) is 0 Å². The molecule has 2 rings (SSSR count). The topological polar surface area (TPSA) is 35.5 Å². The van der Waals surface area contributed by atoms with Crippen LogP contribution in [0.1, 0.15) is 37.0 Å². The molecule has 0 spiro atoms. The molecule has 0 aliphatic carbocycles. The highest BCUT2D eigenvalue weighted by molar-refractivity contribution is 5.99. The molecule has 0 fully saturated rings. The predicted molar refractivity (Wildman–Crippen MR) is 80.9 cm³/mol. The molecule has 0 aliphatic heterocycles. The third-order valence-corrected chi connectivity index (χ3v) is 3.03. The first-order chi connectivity index (χ1) is 9.81. The van der Waals surface area contributed by atoms with Crippen molar-refractivity contribution in [2.75, 3.05) is 13.2 Å². The van der Waals surface area contributed by atoms with Crippen molar-refractivity contribution in [2.24, 2.45) is 0 Å². The standard InChI is InChI=1S/C17H20O3/c1-3-9-19-16-11-13-7-5-6-8-14(13)17(15(16)12-18)20-10-4-2/h5-8,11-12H,3-4,9-10H2,1-2H3. The van der Waals surface area contributed by atoms with Gasteiger partial charge in [-0.3, -0.25) is 4.79 Å². The Labute approximate surface area is 119 Å². The Morgan fingerprint density at radius 3 is 2.45 bits per heavy atom. The normalized spacial score (nSPS) is 10.5. The van der Waals surface area contributed by atoms with Crippen LogP contribution >= 0.6 is 0 Å². The van der Waals surface area contributed by atoms with Crippen molar-refractivity contribution in [2.45, 2.75) is 26.7 Å². The highest BCUT2D eigenvalue weighted by Crippen LogP contribution is 2.36. The van der Waals surface area contributed by atoms with Gasteiger partial charge in [-0.15, -0.1) is 0 Å². The average molecular weight is 272 g/mol. The molecular weight excluding hydrogens is 252 g/mol. The molecule has 0 saturated carbocycles. The minimum absolute atomic E-state index is 0.505. The van der Waals surface area contributed by atoms with Crippen molar-refractivity contribution in [1.82, 2.24) is 0 Å². The number of ether oxygens (including phenoxy) is 2. The van der Waals surface area contributed by atoms with Gasteiger partial charge in [-0.05, 0) is 24.3 Å². The molecule has 20 heavy (non-hydrogen) atoms. The van der Waals surface area contributed by atoms with Crippen LogP contribution in [0.5, 0.6) is 11.5 Å². The fraction of sp³-hybridized carbons (Fsp3) is 0.353. The van der Waals surface area contributed by atoms with Gasteiger partial charge in [0.05, 0.1) is 18.8 Å². The van der Waals surface area contributed by atoms with E-state index in [2.05, 4.69) is 0 Å². The molecule has 0 unspecified atom stereocenters. The van der Waals surface area contributed by atoms with Gasteiger partial charge in [0.15, 0.2) is 6.29 Å². The molecule has 0 amide bonds. The molecule has 0 aromatic heterocycles. The van der Waals surface area contributed by atoms with Gasteiger partial charge in [0.25, 0.3) is 0 Å². The Bertz CT molecular complexity index is 590. The summed E-state index contributed by atoms with van der Waals surface area (Å²) in [4.78, 5) is 11.5. The second kappa shape index (κ2) is 6.94. The zero-order chi connectivity index (χ0) is 14.4. The lowest BCUT2D eigenvalue weighted by molar-refractivity contribution is 0.111. The molecule has 0 aliphatic rings. The number of fused-ring (bicyclic) bond motifs is 1. The minimum Gasteiger partial charge on any atom is -0.493 e. The average Bonchev–Trinajstić information content (AvgIpc) is 2.49. The van der Waals surface area contributed by atoms with Crippen LogP contribution in [0.3, 0.4) is 0 Å². The molecule has 106 valence electrons. The van der Waals surface area contributed by atoms with Crippen LogP contribution in [0.4, 0.5) is 0 Å². The summed E-state index contributed by atoms with van der Waals surface area (Å²) in [6, 6.07) is 9.80. The fourth-order valence-electron chi connectivity index (χ4n) is 2.11. The Morgan fingerprint density at radius 1 is 1.05 bits per heavy atom. The first kappa shape index (κ1) is 14.4. The Morgan fingerprint density at radius 2 is 1.75 bits per heavy atom. The summed E-state index contributed by atoms with van der Waals surface area (Å²) < 4.78 is 11.5. The number of benzene rings is 2.